The lowest BCUT2D eigenvalue weighted by atomic mass is 9.77. The van der Waals surface area contributed by atoms with Crippen molar-refractivity contribution in [3.05, 3.63) is 35.9 Å². The van der Waals surface area contributed by atoms with Crippen LogP contribution in [-0.2, 0) is 0 Å². The summed E-state index contributed by atoms with van der Waals surface area (Å²) in [6.07, 6.45) is 6.24. The molecule has 0 N–H and O–H groups in total. The van der Waals surface area contributed by atoms with E-state index >= 15 is 0 Å². The second-order valence-electron chi connectivity index (χ2n) is 5.73. The van der Waals surface area contributed by atoms with Crippen molar-refractivity contribution in [2.45, 2.75) is 39.0 Å². The highest BCUT2D eigenvalue weighted by atomic mass is 32.2. The highest BCUT2D eigenvalue weighted by molar-refractivity contribution is 8.47. The molecule has 120 valence electrons. The minimum Gasteiger partial charge on any atom is -0.294 e. The van der Waals surface area contributed by atoms with Crippen LogP contribution >= 0.6 is 35.7 Å². The second-order valence-corrected chi connectivity index (χ2v) is 9.22. The zero-order valence-corrected chi connectivity index (χ0v) is 15.6. The lowest BCUT2D eigenvalue weighted by Crippen LogP contribution is -2.28. The largest absolute Gasteiger partial charge is 0.294 e. The standard InChI is InChI=1S/C18H24OS3/c1-2-21-18(20)22-13-16(14-9-5-3-6-10-14)17(19)15-11-7-4-8-12-15/h4,7-8,11-12,14,16H,2-3,5-6,9-10,13H2,1H3. The third-order valence-electron chi connectivity index (χ3n) is 4.26. The number of hydrogen-bond donors (Lipinski definition) is 0. The van der Waals surface area contributed by atoms with Crippen molar-refractivity contribution in [2.24, 2.45) is 11.8 Å². The molecule has 1 nitrogen and oxygen atoms in total. The van der Waals surface area contributed by atoms with Crippen molar-refractivity contribution in [1.29, 1.82) is 0 Å². The maximum atomic E-state index is 13.0. The van der Waals surface area contributed by atoms with Crippen LogP contribution in [0.5, 0.6) is 0 Å². The Balaban J connectivity index is 2.06. The molecule has 4 heteroatoms. The third-order valence-corrected chi connectivity index (χ3v) is 6.96. The summed E-state index contributed by atoms with van der Waals surface area (Å²) in [5.74, 6) is 2.80. The molecule has 1 unspecified atom stereocenters. The number of Topliss-reactive ketones (excluding diaryl/α,β-unsaturated/α-hetero) is 1. The van der Waals surface area contributed by atoms with Gasteiger partial charge in [0.15, 0.2) is 5.78 Å². The summed E-state index contributed by atoms with van der Waals surface area (Å²) >= 11 is 8.80. The fourth-order valence-corrected chi connectivity index (χ4v) is 5.52. The van der Waals surface area contributed by atoms with Crippen LogP contribution in [0.15, 0.2) is 30.3 Å². The van der Waals surface area contributed by atoms with Gasteiger partial charge >= 0.3 is 0 Å². The fourth-order valence-electron chi connectivity index (χ4n) is 3.10. The van der Waals surface area contributed by atoms with Crippen LogP contribution in [0, 0.1) is 11.8 Å². The molecule has 0 heterocycles. The van der Waals surface area contributed by atoms with Gasteiger partial charge in [0.1, 0.15) is 3.53 Å². The first-order chi connectivity index (χ1) is 10.7. The molecule has 0 aliphatic heterocycles. The van der Waals surface area contributed by atoms with Crippen molar-refractivity contribution in [3.63, 3.8) is 0 Å². The molecule has 0 radical (unpaired) electrons. The first-order valence-corrected chi connectivity index (χ1v) is 10.5. The number of thiocarbonyl (C=S) groups is 1. The highest BCUT2D eigenvalue weighted by Gasteiger charge is 2.30. The van der Waals surface area contributed by atoms with Crippen LogP contribution in [0.2, 0.25) is 0 Å². The fraction of sp³-hybridized carbons (Fsp3) is 0.556. The van der Waals surface area contributed by atoms with Gasteiger partial charge in [0.2, 0.25) is 0 Å². The monoisotopic (exact) mass is 352 g/mol. The molecule has 1 fully saturated rings. The SMILES string of the molecule is CCSC(=S)SCC(C(=O)c1ccccc1)C1CCCCC1. The van der Waals surface area contributed by atoms with E-state index in [2.05, 4.69) is 6.92 Å². The summed E-state index contributed by atoms with van der Waals surface area (Å²) < 4.78 is 0.976. The van der Waals surface area contributed by atoms with Gasteiger partial charge in [0, 0.05) is 17.2 Å². The third kappa shape index (κ3) is 5.39. The maximum absolute atomic E-state index is 13.0. The molecule has 1 aromatic carbocycles. The van der Waals surface area contributed by atoms with Crippen molar-refractivity contribution < 1.29 is 4.79 Å². The molecule has 0 amide bonds. The van der Waals surface area contributed by atoms with E-state index in [-0.39, 0.29) is 5.92 Å². The van der Waals surface area contributed by atoms with Gasteiger partial charge in [-0.05, 0) is 24.5 Å². The zero-order valence-electron chi connectivity index (χ0n) is 13.1. The Morgan fingerprint density at radius 1 is 1.18 bits per heavy atom. The van der Waals surface area contributed by atoms with E-state index in [9.17, 15) is 4.79 Å². The predicted octanol–water partition coefficient (Wildman–Crippen LogP) is 5.84. The molecule has 1 saturated carbocycles. The molecular weight excluding hydrogens is 328 g/mol. The number of carbonyl (C=O) groups is 1. The first-order valence-electron chi connectivity index (χ1n) is 8.11. The quantitative estimate of drug-likeness (QED) is 0.472. The molecule has 1 aliphatic carbocycles. The van der Waals surface area contributed by atoms with Crippen LogP contribution in [0.25, 0.3) is 0 Å². The number of hydrogen-bond acceptors (Lipinski definition) is 4. The summed E-state index contributed by atoms with van der Waals surface area (Å²) in [7, 11) is 0. The van der Waals surface area contributed by atoms with Gasteiger partial charge in [-0.1, -0.05) is 68.7 Å². The number of benzene rings is 1. The van der Waals surface area contributed by atoms with Gasteiger partial charge in [-0.25, -0.2) is 0 Å². The lowest BCUT2D eigenvalue weighted by molar-refractivity contribution is 0.0868. The van der Waals surface area contributed by atoms with Crippen molar-refractivity contribution in [3.8, 4) is 0 Å². The Labute approximate surface area is 148 Å². The maximum Gasteiger partial charge on any atom is 0.167 e. The van der Waals surface area contributed by atoms with Crippen LogP contribution in [0.3, 0.4) is 0 Å². The smallest absolute Gasteiger partial charge is 0.167 e. The Kier molecular flexibility index (Phi) is 7.98. The van der Waals surface area contributed by atoms with Gasteiger partial charge in [-0.15, -0.1) is 23.5 Å². The van der Waals surface area contributed by atoms with E-state index in [4.69, 9.17) is 12.2 Å². The van der Waals surface area contributed by atoms with Crippen molar-refractivity contribution >= 4 is 45.1 Å². The summed E-state index contributed by atoms with van der Waals surface area (Å²) in [4.78, 5) is 13.0. The Bertz CT molecular complexity index is 480. The molecule has 0 aromatic heterocycles. The average molecular weight is 353 g/mol. The molecule has 0 bridgehead atoms. The van der Waals surface area contributed by atoms with Gasteiger partial charge in [-0.3, -0.25) is 4.79 Å². The second kappa shape index (κ2) is 9.74. The van der Waals surface area contributed by atoms with Gasteiger partial charge in [0.05, 0.1) is 0 Å². The average Bonchev–Trinajstić information content (AvgIpc) is 2.57. The van der Waals surface area contributed by atoms with Gasteiger partial charge < -0.3 is 0 Å². The van der Waals surface area contributed by atoms with E-state index in [1.54, 1.807) is 23.5 Å². The summed E-state index contributed by atoms with van der Waals surface area (Å²) in [5, 5.41) is 0. The van der Waals surface area contributed by atoms with Crippen LogP contribution < -0.4 is 0 Å². The lowest BCUT2D eigenvalue weighted by Gasteiger charge is -2.29. The van der Waals surface area contributed by atoms with E-state index in [0.29, 0.717) is 11.7 Å². The molecule has 1 aromatic rings. The summed E-state index contributed by atoms with van der Waals surface area (Å²) in [5.41, 5.74) is 0.854. The topological polar surface area (TPSA) is 17.1 Å². The molecule has 2 rings (SSSR count). The number of rotatable bonds is 6. The van der Waals surface area contributed by atoms with E-state index in [1.165, 1.54) is 32.1 Å². The van der Waals surface area contributed by atoms with Gasteiger partial charge in [-0.2, -0.15) is 0 Å². The Hall–Kier alpha value is -0.320. The Morgan fingerprint density at radius 3 is 2.50 bits per heavy atom. The molecular formula is C18H24OS3. The molecule has 22 heavy (non-hydrogen) atoms. The molecule has 1 atom stereocenters. The van der Waals surface area contributed by atoms with Crippen LogP contribution in [-0.4, -0.2) is 20.8 Å². The number of carbonyl (C=O) groups excluding carboxylic acids is 1. The van der Waals surface area contributed by atoms with Crippen molar-refractivity contribution in [1.82, 2.24) is 0 Å². The molecule has 1 aliphatic rings. The van der Waals surface area contributed by atoms with E-state index < -0.39 is 0 Å². The normalized spacial score (nSPS) is 17.1. The Morgan fingerprint density at radius 2 is 1.86 bits per heavy atom. The van der Waals surface area contributed by atoms with Crippen LogP contribution in [0.1, 0.15) is 49.4 Å². The number of ketones is 1. The predicted molar refractivity (Wildman–Crippen MR) is 104 cm³/mol. The summed E-state index contributed by atoms with van der Waals surface area (Å²) in [6, 6.07) is 9.77. The zero-order chi connectivity index (χ0) is 15.8. The summed E-state index contributed by atoms with van der Waals surface area (Å²) in [6.45, 7) is 2.12. The van der Waals surface area contributed by atoms with Crippen molar-refractivity contribution in [2.75, 3.05) is 11.5 Å². The highest BCUT2D eigenvalue weighted by Crippen LogP contribution is 2.35. The first kappa shape index (κ1) is 18.0. The minimum absolute atomic E-state index is 0.114. The van der Waals surface area contributed by atoms with Crippen LogP contribution in [0.4, 0.5) is 0 Å². The van der Waals surface area contributed by atoms with E-state index in [0.717, 1.165) is 20.6 Å². The molecule has 0 saturated heterocycles. The van der Waals surface area contributed by atoms with Gasteiger partial charge in [0.25, 0.3) is 0 Å². The number of thioether (sulfide) groups is 2. The molecule has 0 spiro atoms. The van der Waals surface area contributed by atoms with E-state index in [1.807, 2.05) is 30.3 Å². The minimum atomic E-state index is 0.114.